The van der Waals surface area contributed by atoms with E-state index in [0.29, 0.717) is 11.8 Å². The summed E-state index contributed by atoms with van der Waals surface area (Å²) in [5.41, 5.74) is -0.649. The maximum Gasteiger partial charge on any atom is 0.416 e. The van der Waals surface area contributed by atoms with Crippen LogP contribution in [0.5, 0.6) is 0 Å². The summed E-state index contributed by atoms with van der Waals surface area (Å²) in [5.74, 6) is 0.721. The van der Waals surface area contributed by atoms with Crippen molar-refractivity contribution in [1.29, 1.82) is 0 Å². The van der Waals surface area contributed by atoms with Crippen LogP contribution in [0, 0.1) is 17.7 Å². The Labute approximate surface area is 122 Å². The van der Waals surface area contributed by atoms with Gasteiger partial charge in [0, 0.05) is 12.1 Å². The first-order valence-electron chi connectivity index (χ1n) is 7.35. The average molecular weight is 303 g/mol. The number of alkyl halides is 3. The summed E-state index contributed by atoms with van der Waals surface area (Å²) in [5, 5.41) is 0. The van der Waals surface area contributed by atoms with Gasteiger partial charge in [0.05, 0.1) is 5.56 Å². The summed E-state index contributed by atoms with van der Waals surface area (Å²) >= 11 is 0. The predicted octanol–water partition coefficient (Wildman–Crippen LogP) is 4.71. The molecule has 5 heteroatoms. The van der Waals surface area contributed by atoms with Crippen molar-refractivity contribution in [1.82, 2.24) is 4.90 Å². The minimum absolute atomic E-state index is 0.132. The van der Waals surface area contributed by atoms with E-state index in [1.807, 2.05) is 4.90 Å². The van der Waals surface area contributed by atoms with Gasteiger partial charge in [-0.2, -0.15) is 13.2 Å². The van der Waals surface area contributed by atoms with Crippen molar-refractivity contribution in [2.45, 2.75) is 39.4 Å². The summed E-state index contributed by atoms with van der Waals surface area (Å²) in [6.45, 7) is 6.26. The van der Waals surface area contributed by atoms with Crippen molar-refractivity contribution < 1.29 is 17.6 Å². The summed E-state index contributed by atoms with van der Waals surface area (Å²) < 4.78 is 51.8. The van der Waals surface area contributed by atoms with Crippen LogP contribution >= 0.6 is 0 Å². The molecular formula is C16H21F4N. The number of benzene rings is 1. The first kappa shape index (κ1) is 16.3. The normalized spacial score (nSPS) is 18.4. The third-order valence-electron chi connectivity index (χ3n) is 4.34. The van der Waals surface area contributed by atoms with Crippen LogP contribution in [0.3, 0.4) is 0 Å². The Balaban J connectivity index is 2.03. The molecule has 0 bridgehead atoms. The van der Waals surface area contributed by atoms with E-state index in [1.54, 1.807) is 0 Å². The van der Waals surface area contributed by atoms with E-state index in [2.05, 4.69) is 13.8 Å². The van der Waals surface area contributed by atoms with Gasteiger partial charge in [-0.15, -0.1) is 0 Å². The molecule has 1 fully saturated rings. The molecule has 0 aliphatic carbocycles. The molecule has 21 heavy (non-hydrogen) atoms. The van der Waals surface area contributed by atoms with Crippen molar-refractivity contribution in [3.8, 4) is 0 Å². The maximum atomic E-state index is 13.7. The highest BCUT2D eigenvalue weighted by molar-refractivity contribution is 5.27. The molecule has 1 saturated heterocycles. The van der Waals surface area contributed by atoms with Crippen LogP contribution in [0.1, 0.15) is 37.8 Å². The van der Waals surface area contributed by atoms with E-state index < -0.39 is 17.6 Å². The minimum atomic E-state index is -4.42. The molecule has 0 unspecified atom stereocenters. The number of halogens is 4. The van der Waals surface area contributed by atoms with E-state index in [1.165, 1.54) is 0 Å². The lowest BCUT2D eigenvalue weighted by Gasteiger charge is -2.34. The van der Waals surface area contributed by atoms with Gasteiger partial charge in [-0.25, -0.2) is 4.39 Å². The van der Waals surface area contributed by atoms with Crippen molar-refractivity contribution >= 4 is 0 Å². The van der Waals surface area contributed by atoms with Gasteiger partial charge in [0.25, 0.3) is 0 Å². The third kappa shape index (κ3) is 4.19. The Morgan fingerprint density at radius 3 is 2.33 bits per heavy atom. The Morgan fingerprint density at radius 2 is 1.81 bits per heavy atom. The number of hydrogen-bond donors (Lipinski definition) is 0. The number of piperidine rings is 1. The quantitative estimate of drug-likeness (QED) is 0.731. The number of nitrogens with zero attached hydrogens (tertiary/aromatic N) is 1. The van der Waals surface area contributed by atoms with E-state index in [0.717, 1.165) is 44.1 Å². The minimum Gasteiger partial charge on any atom is -0.299 e. The summed E-state index contributed by atoms with van der Waals surface area (Å²) in [7, 11) is 0. The standard InChI is InChI=1S/C16H21F4N/c1-11(2)12-5-7-21(8-6-12)10-13-9-14(16(18,19)20)3-4-15(13)17/h3-4,9,11-12H,5-8,10H2,1-2H3. The molecule has 0 N–H and O–H groups in total. The first-order valence-corrected chi connectivity index (χ1v) is 7.35. The Hall–Kier alpha value is -1.10. The van der Waals surface area contributed by atoms with Gasteiger partial charge in [0.2, 0.25) is 0 Å². The predicted molar refractivity (Wildman–Crippen MR) is 74.2 cm³/mol. The fourth-order valence-electron chi connectivity index (χ4n) is 2.89. The molecule has 0 spiro atoms. The van der Waals surface area contributed by atoms with E-state index in [-0.39, 0.29) is 12.1 Å². The van der Waals surface area contributed by atoms with Crippen LogP contribution in [-0.2, 0) is 12.7 Å². The molecule has 2 rings (SSSR count). The molecule has 0 radical (unpaired) electrons. The summed E-state index contributed by atoms with van der Waals surface area (Å²) in [4.78, 5) is 2.04. The molecule has 0 saturated carbocycles. The number of hydrogen-bond acceptors (Lipinski definition) is 1. The number of likely N-dealkylation sites (tertiary alicyclic amines) is 1. The van der Waals surface area contributed by atoms with Gasteiger partial charge >= 0.3 is 6.18 Å². The molecule has 1 aromatic rings. The van der Waals surface area contributed by atoms with E-state index in [4.69, 9.17) is 0 Å². The monoisotopic (exact) mass is 303 g/mol. The van der Waals surface area contributed by atoms with Crippen molar-refractivity contribution in [2.24, 2.45) is 11.8 Å². The number of rotatable bonds is 3. The van der Waals surface area contributed by atoms with Crippen molar-refractivity contribution in [3.05, 3.63) is 35.1 Å². The SMILES string of the molecule is CC(C)C1CCN(Cc2cc(C(F)(F)F)ccc2F)CC1. The smallest absolute Gasteiger partial charge is 0.299 e. The van der Waals surface area contributed by atoms with Gasteiger partial charge in [-0.1, -0.05) is 13.8 Å². The van der Waals surface area contributed by atoms with Crippen LogP contribution in [-0.4, -0.2) is 18.0 Å². The van der Waals surface area contributed by atoms with Gasteiger partial charge in [0.15, 0.2) is 0 Å². The molecule has 118 valence electrons. The zero-order valence-corrected chi connectivity index (χ0v) is 12.4. The summed E-state index contributed by atoms with van der Waals surface area (Å²) in [6.07, 6.45) is -2.37. The van der Waals surface area contributed by atoms with Gasteiger partial charge in [-0.3, -0.25) is 4.90 Å². The molecule has 1 nitrogen and oxygen atoms in total. The van der Waals surface area contributed by atoms with Gasteiger partial charge < -0.3 is 0 Å². The zero-order chi connectivity index (χ0) is 15.6. The third-order valence-corrected chi connectivity index (χ3v) is 4.34. The molecule has 0 amide bonds. The topological polar surface area (TPSA) is 3.24 Å². The second-order valence-corrected chi connectivity index (χ2v) is 6.16. The Kier molecular flexibility index (Phi) is 4.91. The second-order valence-electron chi connectivity index (χ2n) is 6.16. The average Bonchev–Trinajstić information content (AvgIpc) is 2.40. The molecule has 1 aliphatic rings. The van der Waals surface area contributed by atoms with Gasteiger partial charge in [0.1, 0.15) is 5.82 Å². The molecule has 0 atom stereocenters. The van der Waals surface area contributed by atoms with Crippen molar-refractivity contribution in [2.75, 3.05) is 13.1 Å². The van der Waals surface area contributed by atoms with E-state index >= 15 is 0 Å². The van der Waals surface area contributed by atoms with Crippen LogP contribution in [0.4, 0.5) is 17.6 Å². The van der Waals surface area contributed by atoms with Gasteiger partial charge in [-0.05, 0) is 56.0 Å². The van der Waals surface area contributed by atoms with Crippen LogP contribution in [0.25, 0.3) is 0 Å². The largest absolute Gasteiger partial charge is 0.416 e. The lowest BCUT2D eigenvalue weighted by molar-refractivity contribution is -0.137. The second kappa shape index (κ2) is 6.34. The molecule has 0 aromatic heterocycles. The van der Waals surface area contributed by atoms with Crippen LogP contribution in [0.2, 0.25) is 0 Å². The highest BCUT2D eigenvalue weighted by Crippen LogP contribution is 2.31. The maximum absolute atomic E-state index is 13.7. The highest BCUT2D eigenvalue weighted by atomic mass is 19.4. The molecular weight excluding hydrogens is 282 g/mol. The summed E-state index contributed by atoms with van der Waals surface area (Å²) in [6, 6.07) is 2.65. The Bertz CT molecular complexity index is 474. The lowest BCUT2D eigenvalue weighted by atomic mass is 9.86. The van der Waals surface area contributed by atoms with Crippen LogP contribution < -0.4 is 0 Å². The Morgan fingerprint density at radius 1 is 1.19 bits per heavy atom. The molecule has 1 aromatic carbocycles. The fraction of sp³-hybridized carbons (Fsp3) is 0.625. The molecule has 1 aliphatic heterocycles. The molecule has 1 heterocycles. The van der Waals surface area contributed by atoms with E-state index in [9.17, 15) is 17.6 Å². The van der Waals surface area contributed by atoms with Crippen molar-refractivity contribution in [3.63, 3.8) is 0 Å². The highest BCUT2D eigenvalue weighted by Gasteiger charge is 2.31. The van der Waals surface area contributed by atoms with Crippen LogP contribution in [0.15, 0.2) is 18.2 Å². The fourth-order valence-corrected chi connectivity index (χ4v) is 2.89. The zero-order valence-electron chi connectivity index (χ0n) is 12.4. The lowest BCUT2D eigenvalue weighted by Crippen LogP contribution is -2.35. The first-order chi connectivity index (χ1) is 9.77.